The minimum atomic E-state index is -2.95. The SMILES string of the molecule is O=CCc1cnc(C2CCCS(=O)(=O)C2)o1. The Hall–Kier alpha value is -1.17. The number of carbonyl (C=O) groups excluding carboxylic acids is 1. The van der Waals surface area contributed by atoms with E-state index < -0.39 is 9.84 Å². The van der Waals surface area contributed by atoms with Crippen LogP contribution < -0.4 is 0 Å². The van der Waals surface area contributed by atoms with Crippen molar-refractivity contribution in [2.45, 2.75) is 25.2 Å². The molecule has 1 aliphatic rings. The van der Waals surface area contributed by atoms with Crippen LogP contribution in [0.4, 0.5) is 0 Å². The van der Waals surface area contributed by atoms with Gasteiger partial charge >= 0.3 is 0 Å². The molecule has 1 saturated heterocycles. The Morgan fingerprint density at radius 3 is 3.06 bits per heavy atom. The fraction of sp³-hybridized carbons (Fsp3) is 0.600. The number of aromatic nitrogens is 1. The lowest BCUT2D eigenvalue weighted by Gasteiger charge is -2.18. The lowest BCUT2D eigenvalue weighted by Crippen LogP contribution is -2.23. The highest BCUT2D eigenvalue weighted by Crippen LogP contribution is 2.27. The second-order valence-electron chi connectivity index (χ2n) is 3.99. The Balaban J connectivity index is 2.14. The molecule has 1 atom stereocenters. The molecule has 1 unspecified atom stereocenters. The molecule has 0 bridgehead atoms. The molecule has 0 aromatic carbocycles. The minimum Gasteiger partial charge on any atom is -0.445 e. The summed E-state index contributed by atoms with van der Waals surface area (Å²) in [6, 6.07) is 0. The predicted octanol–water partition coefficient (Wildman–Crippen LogP) is 0.708. The van der Waals surface area contributed by atoms with Gasteiger partial charge in [-0.15, -0.1) is 0 Å². The Morgan fingerprint density at radius 2 is 2.38 bits per heavy atom. The molecule has 0 amide bonds. The monoisotopic (exact) mass is 243 g/mol. The second-order valence-corrected chi connectivity index (χ2v) is 6.22. The molecule has 5 nitrogen and oxygen atoms in total. The fourth-order valence-corrected chi connectivity index (χ4v) is 3.60. The summed E-state index contributed by atoms with van der Waals surface area (Å²) in [7, 11) is -2.95. The van der Waals surface area contributed by atoms with Crippen LogP contribution in [0.3, 0.4) is 0 Å². The van der Waals surface area contributed by atoms with Crippen LogP contribution in [0, 0.1) is 0 Å². The largest absolute Gasteiger partial charge is 0.445 e. The fourth-order valence-electron chi connectivity index (χ4n) is 1.91. The van der Waals surface area contributed by atoms with E-state index in [1.807, 2.05) is 0 Å². The number of oxazole rings is 1. The van der Waals surface area contributed by atoms with Crippen molar-refractivity contribution < 1.29 is 17.6 Å². The van der Waals surface area contributed by atoms with Gasteiger partial charge in [0.2, 0.25) is 0 Å². The van der Waals surface area contributed by atoms with E-state index in [1.165, 1.54) is 6.20 Å². The number of hydrogen-bond donors (Lipinski definition) is 0. The third-order valence-corrected chi connectivity index (χ3v) is 4.49. The molecule has 1 aromatic rings. The van der Waals surface area contributed by atoms with E-state index in [-0.39, 0.29) is 23.8 Å². The highest BCUT2D eigenvalue weighted by atomic mass is 32.2. The van der Waals surface area contributed by atoms with Gasteiger partial charge in [0, 0.05) is 5.92 Å². The first-order valence-corrected chi connectivity index (χ1v) is 7.01. The maximum Gasteiger partial charge on any atom is 0.198 e. The van der Waals surface area contributed by atoms with Crippen molar-refractivity contribution in [1.82, 2.24) is 4.98 Å². The van der Waals surface area contributed by atoms with E-state index >= 15 is 0 Å². The Bertz CT molecular complexity index is 477. The molecule has 2 heterocycles. The summed E-state index contributed by atoms with van der Waals surface area (Å²) in [4.78, 5) is 14.3. The number of carbonyl (C=O) groups is 1. The predicted molar refractivity (Wildman–Crippen MR) is 56.9 cm³/mol. The lowest BCUT2D eigenvalue weighted by molar-refractivity contribution is -0.107. The van der Waals surface area contributed by atoms with Crippen LogP contribution in [0.5, 0.6) is 0 Å². The average molecular weight is 243 g/mol. The normalized spacial score (nSPS) is 24.1. The van der Waals surface area contributed by atoms with E-state index in [0.717, 1.165) is 12.7 Å². The average Bonchev–Trinajstić information content (AvgIpc) is 2.65. The van der Waals surface area contributed by atoms with Gasteiger partial charge in [-0.05, 0) is 12.8 Å². The highest BCUT2D eigenvalue weighted by molar-refractivity contribution is 7.91. The molecule has 88 valence electrons. The van der Waals surface area contributed by atoms with E-state index in [4.69, 9.17) is 4.42 Å². The Morgan fingerprint density at radius 1 is 1.56 bits per heavy atom. The summed E-state index contributed by atoms with van der Waals surface area (Å²) in [5, 5.41) is 0. The number of rotatable bonds is 3. The van der Waals surface area contributed by atoms with Crippen LogP contribution in [0.1, 0.15) is 30.4 Å². The van der Waals surface area contributed by atoms with Gasteiger partial charge in [-0.2, -0.15) is 0 Å². The van der Waals surface area contributed by atoms with Crippen LogP contribution >= 0.6 is 0 Å². The number of hydrogen-bond acceptors (Lipinski definition) is 5. The molecule has 0 aliphatic carbocycles. The molecular formula is C10H13NO4S. The zero-order valence-corrected chi connectivity index (χ0v) is 9.57. The molecule has 1 aliphatic heterocycles. The first-order valence-electron chi connectivity index (χ1n) is 5.19. The van der Waals surface area contributed by atoms with Gasteiger partial charge in [0.1, 0.15) is 12.0 Å². The zero-order chi connectivity index (χ0) is 11.6. The standard InChI is InChI=1S/C10H13NO4S/c12-4-3-9-6-11-10(15-9)8-2-1-5-16(13,14)7-8/h4,6,8H,1-3,5,7H2. The third-order valence-electron chi connectivity index (χ3n) is 2.67. The van der Waals surface area contributed by atoms with Crippen molar-refractivity contribution in [2.24, 2.45) is 0 Å². The number of sulfone groups is 1. The summed E-state index contributed by atoms with van der Waals surface area (Å²) in [5.74, 6) is 1.15. The number of aldehydes is 1. The zero-order valence-electron chi connectivity index (χ0n) is 8.76. The third kappa shape index (κ3) is 2.49. The van der Waals surface area contributed by atoms with Gasteiger partial charge in [0.15, 0.2) is 15.7 Å². The molecule has 6 heteroatoms. The number of nitrogens with zero attached hydrogens (tertiary/aromatic N) is 1. The van der Waals surface area contributed by atoms with Gasteiger partial charge in [-0.25, -0.2) is 13.4 Å². The molecule has 0 N–H and O–H groups in total. The van der Waals surface area contributed by atoms with Crippen molar-refractivity contribution in [3.05, 3.63) is 17.8 Å². The topological polar surface area (TPSA) is 77.2 Å². The van der Waals surface area contributed by atoms with Crippen molar-refractivity contribution in [1.29, 1.82) is 0 Å². The van der Waals surface area contributed by atoms with Crippen molar-refractivity contribution in [3.63, 3.8) is 0 Å². The molecule has 16 heavy (non-hydrogen) atoms. The first kappa shape index (κ1) is 11.3. The Labute approximate surface area is 93.8 Å². The summed E-state index contributed by atoms with van der Waals surface area (Å²) in [5.41, 5.74) is 0. The first-order chi connectivity index (χ1) is 7.61. The van der Waals surface area contributed by atoms with Crippen molar-refractivity contribution in [3.8, 4) is 0 Å². The quantitative estimate of drug-likeness (QED) is 0.730. The van der Waals surface area contributed by atoms with Crippen LogP contribution in [0.25, 0.3) is 0 Å². The second kappa shape index (κ2) is 4.37. The summed E-state index contributed by atoms with van der Waals surface area (Å²) < 4.78 is 28.2. The molecule has 0 spiro atoms. The van der Waals surface area contributed by atoms with Crippen LogP contribution in [-0.4, -0.2) is 31.2 Å². The molecule has 0 radical (unpaired) electrons. The maximum absolute atomic E-state index is 11.4. The lowest BCUT2D eigenvalue weighted by atomic mass is 10.1. The van der Waals surface area contributed by atoms with Gasteiger partial charge in [0.25, 0.3) is 0 Å². The van der Waals surface area contributed by atoms with Crippen LogP contribution in [0.15, 0.2) is 10.6 Å². The molecule has 2 rings (SSSR count). The van der Waals surface area contributed by atoms with Gasteiger partial charge in [-0.1, -0.05) is 0 Å². The summed E-state index contributed by atoms with van der Waals surface area (Å²) in [6.07, 6.45) is 3.85. The van der Waals surface area contributed by atoms with E-state index in [2.05, 4.69) is 4.98 Å². The minimum absolute atomic E-state index is 0.105. The molecular weight excluding hydrogens is 230 g/mol. The molecule has 1 fully saturated rings. The van der Waals surface area contributed by atoms with Crippen LogP contribution in [0.2, 0.25) is 0 Å². The van der Waals surface area contributed by atoms with E-state index in [0.29, 0.717) is 18.1 Å². The van der Waals surface area contributed by atoms with Crippen molar-refractivity contribution in [2.75, 3.05) is 11.5 Å². The summed E-state index contributed by atoms with van der Waals surface area (Å²) >= 11 is 0. The van der Waals surface area contributed by atoms with E-state index in [9.17, 15) is 13.2 Å². The van der Waals surface area contributed by atoms with E-state index in [1.54, 1.807) is 0 Å². The smallest absolute Gasteiger partial charge is 0.198 e. The molecule has 0 saturated carbocycles. The summed E-state index contributed by atoms with van der Waals surface area (Å²) in [6.45, 7) is 0. The molecule has 1 aromatic heterocycles. The van der Waals surface area contributed by atoms with Crippen molar-refractivity contribution >= 4 is 16.1 Å². The Kier molecular flexibility index (Phi) is 3.09. The van der Waals surface area contributed by atoms with Crippen LogP contribution in [-0.2, 0) is 21.1 Å². The van der Waals surface area contributed by atoms with Gasteiger partial charge in [0.05, 0.1) is 24.1 Å². The highest BCUT2D eigenvalue weighted by Gasteiger charge is 2.29. The van der Waals surface area contributed by atoms with Gasteiger partial charge < -0.3 is 9.21 Å². The maximum atomic E-state index is 11.4. The van der Waals surface area contributed by atoms with Gasteiger partial charge in [-0.3, -0.25) is 0 Å².